The first kappa shape index (κ1) is 77.0. The number of rotatable bonds is 14. The molecule has 8 aromatic heterocycles. The molecule has 20 rings (SSSR count). The van der Waals surface area contributed by atoms with E-state index in [1.807, 2.05) is 222 Å². The van der Waals surface area contributed by atoms with Crippen LogP contribution in [0.4, 0.5) is 0 Å². The lowest BCUT2D eigenvalue weighted by molar-refractivity contribution is -0.127. The highest BCUT2D eigenvalue weighted by atomic mass is 16.2. The SMILES string of the molecule is CC(C)C[C@@H]1NC(=O)[C@@H](Cc2c[nH]c3ccccc23)n2c1nc1ccccc1c2=O.CC(C)C[C@H]1NC(=O)[C@@H](Cc2c[nH]c3ccccc23)n2c1nc1ccccc1c2=O.CC(C)[C@@H]1NC(=O)[C@@H](Cc2c[nH]c3ccccc23)n2c1nc1ccccc1c2=O.CC(C)[C@H]1NC(=O)[C@@H](Cc2c[nH]c3ccccc23)n2c1nc1ccccc1c2=O. The second-order valence-corrected chi connectivity index (χ2v) is 32.8. The van der Waals surface area contributed by atoms with Gasteiger partial charge in [0.2, 0.25) is 23.6 Å². The average Bonchev–Trinajstić information content (AvgIpc) is 0.880. The van der Waals surface area contributed by atoms with E-state index in [2.05, 4.69) is 68.9 Å². The van der Waals surface area contributed by atoms with E-state index in [0.717, 1.165) is 78.7 Å². The van der Waals surface area contributed by atoms with Gasteiger partial charge >= 0.3 is 0 Å². The molecular formula is C94H92N16O8. The van der Waals surface area contributed by atoms with Gasteiger partial charge in [0.15, 0.2) is 0 Å². The van der Waals surface area contributed by atoms with Crippen LogP contribution in [0.2, 0.25) is 0 Å². The van der Waals surface area contributed by atoms with Crippen LogP contribution in [0.15, 0.2) is 238 Å². The van der Waals surface area contributed by atoms with Crippen molar-refractivity contribution in [3.63, 3.8) is 0 Å². The van der Waals surface area contributed by atoms with Crippen molar-refractivity contribution in [3.8, 4) is 0 Å². The van der Waals surface area contributed by atoms with Crippen LogP contribution in [0, 0.1) is 23.7 Å². The van der Waals surface area contributed by atoms with Crippen LogP contribution in [-0.2, 0) is 44.9 Å². The summed E-state index contributed by atoms with van der Waals surface area (Å²) in [4.78, 5) is 139. The van der Waals surface area contributed by atoms with E-state index in [-0.39, 0.29) is 81.9 Å². The van der Waals surface area contributed by atoms with Crippen molar-refractivity contribution in [2.75, 3.05) is 0 Å². The first-order chi connectivity index (χ1) is 57.1. The number of hydrogen-bond acceptors (Lipinski definition) is 12. The van der Waals surface area contributed by atoms with Gasteiger partial charge in [-0.15, -0.1) is 0 Å². The summed E-state index contributed by atoms with van der Waals surface area (Å²) in [6.45, 7) is 16.5. The summed E-state index contributed by atoms with van der Waals surface area (Å²) >= 11 is 0. The summed E-state index contributed by atoms with van der Waals surface area (Å²) in [6, 6.07) is 57.7. The molecule has 8 aromatic carbocycles. The summed E-state index contributed by atoms with van der Waals surface area (Å²) in [6.07, 6.45) is 10.9. The van der Waals surface area contributed by atoms with Gasteiger partial charge < -0.3 is 41.2 Å². The molecule has 4 aliphatic heterocycles. The summed E-state index contributed by atoms with van der Waals surface area (Å²) in [5.74, 6) is 2.99. The molecule has 118 heavy (non-hydrogen) atoms. The topological polar surface area (TPSA) is 319 Å². The number of nitrogens with zero attached hydrogens (tertiary/aromatic N) is 8. The fraction of sp³-hybridized carbons (Fsp3) is 0.277. The Hall–Kier alpha value is -13.6. The number of aromatic amines is 4. The maximum atomic E-state index is 13.5. The van der Waals surface area contributed by atoms with Gasteiger partial charge in [-0.3, -0.25) is 56.6 Å². The van der Waals surface area contributed by atoms with Gasteiger partial charge in [0.1, 0.15) is 47.5 Å². The van der Waals surface area contributed by atoms with E-state index in [0.29, 0.717) is 104 Å². The van der Waals surface area contributed by atoms with Crippen molar-refractivity contribution < 1.29 is 19.2 Å². The normalized spacial score (nSPS) is 18.8. The molecule has 8 N–H and O–H groups in total. The Bertz CT molecular complexity index is 6460. The van der Waals surface area contributed by atoms with Crippen molar-refractivity contribution in [2.45, 2.75) is 142 Å². The Balaban J connectivity index is 0.000000113. The number of carbonyl (C=O) groups excluding carboxylic acids is 4. The quantitative estimate of drug-likeness (QED) is 0.0504. The molecule has 0 bridgehead atoms. The lowest BCUT2D eigenvalue weighted by Crippen LogP contribution is -2.49. The molecule has 0 fully saturated rings. The Morgan fingerprint density at radius 2 is 0.500 bits per heavy atom. The molecule has 0 saturated carbocycles. The maximum Gasteiger partial charge on any atom is 0.262 e. The number of hydrogen-bond donors (Lipinski definition) is 8. The summed E-state index contributed by atoms with van der Waals surface area (Å²) in [7, 11) is 0. The third-order valence-electron chi connectivity index (χ3n) is 23.3. The van der Waals surface area contributed by atoms with Crippen LogP contribution in [0.5, 0.6) is 0 Å². The van der Waals surface area contributed by atoms with Crippen molar-refractivity contribution >= 4 is 111 Å². The summed E-state index contributed by atoms with van der Waals surface area (Å²) in [5.41, 5.74) is 10.2. The van der Waals surface area contributed by atoms with Crippen LogP contribution >= 0.6 is 0 Å². The van der Waals surface area contributed by atoms with E-state index < -0.39 is 24.2 Å². The van der Waals surface area contributed by atoms with Gasteiger partial charge in [-0.1, -0.05) is 177 Å². The van der Waals surface area contributed by atoms with Crippen LogP contribution in [0.25, 0.3) is 87.2 Å². The highest BCUT2D eigenvalue weighted by molar-refractivity contribution is 5.92. The number of aromatic nitrogens is 12. The van der Waals surface area contributed by atoms with Crippen LogP contribution < -0.4 is 43.5 Å². The Kier molecular flexibility index (Phi) is 20.8. The minimum atomic E-state index is -0.635. The minimum Gasteiger partial charge on any atom is -0.361 e. The number of H-pyrrole nitrogens is 4. The number of para-hydroxylation sites is 8. The molecule has 24 nitrogen and oxygen atoms in total. The number of amides is 4. The Morgan fingerprint density at radius 1 is 0.280 bits per heavy atom. The molecule has 0 saturated heterocycles. The molecule has 4 aliphatic rings. The predicted molar refractivity (Wildman–Crippen MR) is 460 cm³/mol. The highest BCUT2D eigenvalue weighted by Gasteiger charge is 2.42. The lowest BCUT2D eigenvalue weighted by Gasteiger charge is -2.34. The zero-order chi connectivity index (χ0) is 81.9. The van der Waals surface area contributed by atoms with E-state index in [1.165, 1.54) is 0 Å². The zero-order valence-corrected chi connectivity index (χ0v) is 66.8. The van der Waals surface area contributed by atoms with Gasteiger partial charge in [0.05, 0.1) is 67.8 Å². The fourth-order valence-electron chi connectivity index (χ4n) is 17.5. The van der Waals surface area contributed by atoms with Crippen LogP contribution in [0.3, 0.4) is 0 Å². The third kappa shape index (κ3) is 14.4. The predicted octanol–water partition coefficient (Wildman–Crippen LogP) is 14.7. The van der Waals surface area contributed by atoms with E-state index >= 15 is 0 Å². The average molecular weight is 1570 g/mol. The molecule has 8 atom stereocenters. The third-order valence-corrected chi connectivity index (χ3v) is 23.3. The summed E-state index contributed by atoms with van der Waals surface area (Å²) < 4.78 is 6.51. The Morgan fingerprint density at radius 3 is 0.754 bits per heavy atom. The summed E-state index contributed by atoms with van der Waals surface area (Å²) in [5, 5.41) is 18.9. The molecule has 24 heteroatoms. The van der Waals surface area contributed by atoms with E-state index in [9.17, 15) is 38.4 Å². The molecule has 0 radical (unpaired) electrons. The lowest BCUT2D eigenvalue weighted by atomic mass is 9.96. The van der Waals surface area contributed by atoms with Gasteiger partial charge in [-0.2, -0.15) is 0 Å². The smallest absolute Gasteiger partial charge is 0.262 e. The molecule has 596 valence electrons. The number of carbonyl (C=O) groups is 4. The maximum absolute atomic E-state index is 13.5. The van der Waals surface area contributed by atoms with Crippen molar-refractivity contribution in [3.05, 3.63) is 306 Å². The van der Waals surface area contributed by atoms with Gasteiger partial charge in [-0.25, -0.2) is 19.9 Å². The van der Waals surface area contributed by atoms with Gasteiger partial charge in [-0.05, 0) is 132 Å². The minimum absolute atomic E-state index is 0.118. The Labute approximate surface area is 677 Å². The van der Waals surface area contributed by atoms with Crippen LogP contribution in [-0.4, -0.2) is 81.8 Å². The standard InChI is InChI=1S/2C24H24N4O2.2C23H22N4O2/c2*1-14(2)11-20-22-26-19-10-6-4-8-17(19)24(30)28(22)21(23(29)27-20)12-15-13-25-18-9-5-3-7-16(15)18;2*1-13(2)20-21-25-18-10-6-4-8-16(18)23(29)27(21)19(22(28)26-20)11-14-12-24-17-9-5-3-7-15(14)17/h2*3-10,13-14,20-21,25H,11-12H2,1-2H3,(H,27,29);2*3-10,12-13,19-20,24H,11H2,1-2H3,(H,26,28)/t20-,21+;20-,21-;19-,20+;19-,20-/m0111/s1. The molecule has 0 spiro atoms. The van der Waals surface area contributed by atoms with Crippen molar-refractivity contribution in [1.29, 1.82) is 0 Å². The molecule has 12 heterocycles. The first-order valence-electron chi connectivity index (χ1n) is 40.6. The highest BCUT2D eigenvalue weighted by Crippen LogP contribution is 2.38. The molecular weight excluding hydrogens is 1480 g/mol. The zero-order valence-electron chi connectivity index (χ0n) is 66.8. The van der Waals surface area contributed by atoms with Gasteiger partial charge in [0.25, 0.3) is 22.2 Å². The molecule has 0 aliphatic carbocycles. The molecule has 4 amide bonds. The second kappa shape index (κ2) is 31.9. The van der Waals surface area contributed by atoms with E-state index in [4.69, 9.17) is 19.9 Å². The second-order valence-electron chi connectivity index (χ2n) is 32.8. The molecule has 16 aromatic rings. The van der Waals surface area contributed by atoms with Gasteiger partial charge in [0, 0.05) is 94.1 Å². The monoisotopic (exact) mass is 1570 g/mol. The fourth-order valence-corrected chi connectivity index (χ4v) is 17.5. The van der Waals surface area contributed by atoms with Crippen molar-refractivity contribution in [1.82, 2.24) is 79.4 Å². The molecule has 0 unspecified atom stereocenters. The van der Waals surface area contributed by atoms with Crippen LogP contribution in [0.1, 0.15) is 162 Å². The number of fused-ring (bicyclic) bond motifs is 12. The van der Waals surface area contributed by atoms with Crippen molar-refractivity contribution in [2.24, 2.45) is 23.7 Å². The number of nitrogens with one attached hydrogen (secondary N) is 8. The largest absolute Gasteiger partial charge is 0.361 e. The van der Waals surface area contributed by atoms with E-state index in [1.54, 1.807) is 42.5 Å². The first-order valence-corrected chi connectivity index (χ1v) is 40.6. The number of benzene rings is 8.